The Kier molecular flexibility index (Phi) is 6.00. The summed E-state index contributed by atoms with van der Waals surface area (Å²) in [6.07, 6.45) is 0.717. The van der Waals surface area contributed by atoms with Crippen LogP contribution in [0.25, 0.3) is 0 Å². The maximum Gasteiger partial charge on any atom is 0.165 e. The van der Waals surface area contributed by atoms with Crippen LogP contribution in [0.2, 0.25) is 0 Å². The van der Waals surface area contributed by atoms with Gasteiger partial charge < -0.3 is 10.5 Å². The van der Waals surface area contributed by atoms with Gasteiger partial charge in [0.25, 0.3) is 0 Å². The molecule has 0 bridgehead atoms. The highest BCUT2D eigenvalue weighted by molar-refractivity contribution is 5.95. The standard InChI is InChI=1S/C15H15FN2O.ClH/c16-13-10-12(15(17)18)6-7-14(13)19-9-8-11-4-2-1-3-5-11;/h1-7,10H,8-9H2,(H3,17,18);1H. The SMILES string of the molecule is Cl.N=C(N)c1ccc(OCCc2ccccc2)c(F)c1. The third-order valence-electron chi connectivity index (χ3n) is 2.73. The minimum atomic E-state index is -0.499. The normalized spacial score (nSPS) is 9.65. The van der Waals surface area contributed by atoms with Crippen molar-refractivity contribution < 1.29 is 9.13 Å². The van der Waals surface area contributed by atoms with Crippen LogP contribution in [0, 0.1) is 11.2 Å². The largest absolute Gasteiger partial charge is 0.490 e. The average Bonchev–Trinajstić information content (AvgIpc) is 2.41. The van der Waals surface area contributed by atoms with Crippen LogP contribution in [0.3, 0.4) is 0 Å². The molecule has 0 saturated carbocycles. The lowest BCUT2D eigenvalue weighted by Gasteiger charge is -2.08. The second-order valence-corrected chi connectivity index (χ2v) is 4.14. The summed E-state index contributed by atoms with van der Waals surface area (Å²) < 4.78 is 19.0. The topological polar surface area (TPSA) is 59.1 Å². The third-order valence-corrected chi connectivity index (χ3v) is 2.73. The summed E-state index contributed by atoms with van der Waals surface area (Å²) in [6, 6.07) is 14.1. The Labute approximate surface area is 123 Å². The van der Waals surface area contributed by atoms with Gasteiger partial charge in [0.05, 0.1) is 6.61 Å². The summed E-state index contributed by atoms with van der Waals surface area (Å²) in [5.74, 6) is -0.476. The molecule has 3 N–H and O–H groups in total. The van der Waals surface area contributed by atoms with Crippen LogP contribution >= 0.6 is 12.4 Å². The predicted molar refractivity (Wildman–Crippen MR) is 80.3 cm³/mol. The molecule has 0 amide bonds. The van der Waals surface area contributed by atoms with E-state index in [1.54, 1.807) is 6.07 Å². The maximum atomic E-state index is 13.7. The van der Waals surface area contributed by atoms with Gasteiger partial charge in [-0.2, -0.15) is 0 Å². The van der Waals surface area contributed by atoms with Gasteiger partial charge in [0.2, 0.25) is 0 Å². The minimum absolute atomic E-state index is 0. The van der Waals surface area contributed by atoms with Gasteiger partial charge in [-0.1, -0.05) is 30.3 Å². The Morgan fingerprint density at radius 1 is 1.15 bits per heavy atom. The number of hydrogen-bond acceptors (Lipinski definition) is 2. The van der Waals surface area contributed by atoms with Gasteiger partial charge in [-0.15, -0.1) is 12.4 Å². The molecule has 2 rings (SSSR count). The van der Waals surface area contributed by atoms with Gasteiger partial charge in [0.1, 0.15) is 5.84 Å². The summed E-state index contributed by atoms with van der Waals surface area (Å²) in [7, 11) is 0. The molecule has 0 radical (unpaired) electrons. The summed E-state index contributed by atoms with van der Waals surface area (Å²) in [5.41, 5.74) is 6.78. The third kappa shape index (κ3) is 4.24. The highest BCUT2D eigenvalue weighted by Crippen LogP contribution is 2.18. The average molecular weight is 295 g/mol. The molecule has 0 aliphatic carbocycles. The van der Waals surface area contributed by atoms with E-state index in [4.69, 9.17) is 15.9 Å². The van der Waals surface area contributed by atoms with E-state index in [1.807, 2.05) is 30.3 Å². The molecule has 106 valence electrons. The number of rotatable bonds is 5. The maximum absolute atomic E-state index is 13.7. The molecule has 0 heterocycles. The van der Waals surface area contributed by atoms with E-state index in [2.05, 4.69) is 0 Å². The number of hydrogen-bond donors (Lipinski definition) is 2. The van der Waals surface area contributed by atoms with Gasteiger partial charge in [0, 0.05) is 12.0 Å². The first kappa shape index (κ1) is 16.0. The fraction of sp³-hybridized carbons (Fsp3) is 0.133. The van der Waals surface area contributed by atoms with Gasteiger partial charge in [-0.05, 0) is 23.8 Å². The van der Waals surface area contributed by atoms with Crippen molar-refractivity contribution in [1.29, 1.82) is 5.41 Å². The van der Waals surface area contributed by atoms with Crippen LogP contribution in [0.15, 0.2) is 48.5 Å². The molecule has 2 aromatic rings. The van der Waals surface area contributed by atoms with Crippen LogP contribution in [-0.2, 0) is 6.42 Å². The van der Waals surface area contributed by atoms with E-state index >= 15 is 0 Å². The molecule has 0 spiro atoms. The Hall–Kier alpha value is -2.07. The fourth-order valence-corrected chi connectivity index (χ4v) is 1.71. The summed E-state index contributed by atoms with van der Waals surface area (Å²) in [6.45, 7) is 0.403. The van der Waals surface area contributed by atoms with Crippen LogP contribution in [-0.4, -0.2) is 12.4 Å². The van der Waals surface area contributed by atoms with Crippen molar-refractivity contribution in [2.24, 2.45) is 5.73 Å². The molecule has 0 unspecified atom stereocenters. The Balaban J connectivity index is 0.00000200. The lowest BCUT2D eigenvalue weighted by Crippen LogP contribution is -2.11. The second-order valence-electron chi connectivity index (χ2n) is 4.14. The molecule has 0 aliphatic rings. The number of benzene rings is 2. The van der Waals surface area contributed by atoms with Crippen LogP contribution in [0.4, 0.5) is 4.39 Å². The lowest BCUT2D eigenvalue weighted by molar-refractivity contribution is 0.305. The molecular weight excluding hydrogens is 279 g/mol. The first-order valence-corrected chi connectivity index (χ1v) is 5.97. The molecule has 0 fully saturated rings. The summed E-state index contributed by atoms with van der Waals surface area (Å²) >= 11 is 0. The Morgan fingerprint density at radius 3 is 2.45 bits per heavy atom. The van der Waals surface area contributed by atoms with Crippen LogP contribution in [0.5, 0.6) is 5.75 Å². The molecule has 0 aromatic heterocycles. The van der Waals surface area contributed by atoms with E-state index in [0.29, 0.717) is 12.2 Å². The van der Waals surface area contributed by atoms with E-state index in [0.717, 1.165) is 12.0 Å². The van der Waals surface area contributed by atoms with Crippen molar-refractivity contribution in [3.8, 4) is 5.75 Å². The van der Waals surface area contributed by atoms with E-state index in [9.17, 15) is 4.39 Å². The van der Waals surface area contributed by atoms with Crippen LogP contribution < -0.4 is 10.5 Å². The molecule has 0 aliphatic heterocycles. The quantitative estimate of drug-likeness (QED) is 0.657. The molecule has 5 heteroatoms. The van der Waals surface area contributed by atoms with E-state index in [-0.39, 0.29) is 24.0 Å². The summed E-state index contributed by atoms with van der Waals surface area (Å²) in [5, 5.41) is 7.22. The van der Waals surface area contributed by atoms with Gasteiger partial charge in [-0.25, -0.2) is 4.39 Å². The van der Waals surface area contributed by atoms with Crippen molar-refractivity contribution >= 4 is 18.2 Å². The van der Waals surface area contributed by atoms with E-state index in [1.165, 1.54) is 12.1 Å². The van der Waals surface area contributed by atoms with Crippen molar-refractivity contribution in [3.63, 3.8) is 0 Å². The first-order valence-electron chi connectivity index (χ1n) is 5.97. The van der Waals surface area contributed by atoms with Crippen LogP contribution in [0.1, 0.15) is 11.1 Å². The molecule has 0 saturated heterocycles. The number of nitrogen functional groups attached to an aromatic ring is 1. The highest BCUT2D eigenvalue weighted by Gasteiger charge is 2.06. The summed E-state index contributed by atoms with van der Waals surface area (Å²) in [4.78, 5) is 0. The zero-order chi connectivity index (χ0) is 13.7. The minimum Gasteiger partial charge on any atom is -0.490 e. The predicted octanol–water partition coefficient (Wildman–Crippen LogP) is 3.15. The smallest absolute Gasteiger partial charge is 0.165 e. The lowest BCUT2D eigenvalue weighted by atomic mass is 10.1. The first-order chi connectivity index (χ1) is 9.16. The van der Waals surface area contributed by atoms with Gasteiger partial charge >= 0.3 is 0 Å². The number of amidine groups is 1. The number of nitrogens with one attached hydrogen (secondary N) is 1. The Bertz CT molecular complexity index is 575. The van der Waals surface area contributed by atoms with Crippen molar-refractivity contribution in [1.82, 2.24) is 0 Å². The van der Waals surface area contributed by atoms with Gasteiger partial charge in [0.15, 0.2) is 11.6 Å². The highest BCUT2D eigenvalue weighted by atomic mass is 35.5. The molecule has 20 heavy (non-hydrogen) atoms. The zero-order valence-corrected chi connectivity index (χ0v) is 11.6. The number of nitrogens with two attached hydrogens (primary N) is 1. The fourth-order valence-electron chi connectivity index (χ4n) is 1.71. The molecular formula is C15H16ClFN2O. The Morgan fingerprint density at radius 2 is 1.85 bits per heavy atom. The number of ether oxygens (including phenoxy) is 1. The molecule has 3 nitrogen and oxygen atoms in total. The van der Waals surface area contributed by atoms with Crippen molar-refractivity contribution in [3.05, 3.63) is 65.5 Å². The zero-order valence-electron chi connectivity index (χ0n) is 10.8. The molecule has 2 aromatic carbocycles. The molecule has 0 atom stereocenters. The van der Waals surface area contributed by atoms with Gasteiger partial charge in [-0.3, -0.25) is 5.41 Å². The number of halogens is 2. The van der Waals surface area contributed by atoms with Crippen molar-refractivity contribution in [2.45, 2.75) is 6.42 Å². The monoisotopic (exact) mass is 294 g/mol. The second kappa shape index (κ2) is 7.50. The van der Waals surface area contributed by atoms with Crippen molar-refractivity contribution in [2.75, 3.05) is 6.61 Å². The van der Waals surface area contributed by atoms with E-state index < -0.39 is 5.82 Å².